The molecule has 2 aliphatic rings. The maximum absolute atomic E-state index is 12.4. The number of rotatable bonds is 10. The van der Waals surface area contributed by atoms with E-state index in [9.17, 15) is 9.59 Å². The molecule has 0 amide bonds. The fourth-order valence-electron chi connectivity index (χ4n) is 3.69. The lowest BCUT2D eigenvalue weighted by Crippen LogP contribution is -2.16. The zero-order valence-corrected chi connectivity index (χ0v) is 16.4. The van der Waals surface area contributed by atoms with Crippen LogP contribution in [0, 0.1) is 0 Å². The first-order chi connectivity index (χ1) is 13.7. The standard InChI is InChI=1S/C22H30O6/c23-21(27-15-5-9-17-7-3-13-25-17)19-11-1-2-12-20(19)22(24)28-16-6-10-18-8-4-14-26-18/h1-2,11-12,17-18H,3-10,13-16H2. The van der Waals surface area contributed by atoms with Gasteiger partial charge in [0.1, 0.15) is 0 Å². The first-order valence-electron chi connectivity index (χ1n) is 10.4. The van der Waals surface area contributed by atoms with E-state index in [4.69, 9.17) is 18.9 Å². The highest BCUT2D eigenvalue weighted by Crippen LogP contribution is 2.18. The van der Waals surface area contributed by atoms with Crippen LogP contribution in [-0.4, -0.2) is 50.6 Å². The Balaban J connectivity index is 1.41. The number of ether oxygens (including phenoxy) is 4. The normalized spacial score (nSPS) is 21.6. The van der Waals surface area contributed by atoms with Crippen LogP contribution in [0.15, 0.2) is 24.3 Å². The molecule has 2 fully saturated rings. The zero-order valence-electron chi connectivity index (χ0n) is 16.4. The summed E-state index contributed by atoms with van der Waals surface area (Å²) in [5.74, 6) is -0.974. The molecule has 6 nitrogen and oxygen atoms in total. The Labute approximate surface area is 166 Å². The summed E-state index contributed by atoms with van der Waals surface area (Å²) in [5, 5.41) is 0. The molecule has 0 radical (unpaired) electrons. The minimum atomic E-state index is -0.487. The maximum Gasteiger partial charge on any atom is 0.339 e. The minimum Gasteiger partial charge on any atom is -0.462 e. The molecule has 2 aliphatic heterocycles. The largest absolute Gasteiger partial charge is 0.462 e. The predicted octanol–water partition coefficient (Wildman–Crippen LogP) is 3.92. The Bertz CT molecular complexity index is 577. The fourth-order valence-corrected chi connectivity index (χ4v) is 3.69. The van der Waals surface area contributed by atoms with E-state index in [1.807, 2.05) is 0 Å². The molecule has 0 aliphatic carbocycles. The average Bonchev–Trinajstić information content (AvgIpc) is 3.42. The average molecular weight is 390 g/mol. The summed E-state index contributed by atoms with van der Waals surface area (Å²) < 4.78 is 21.8. The van der Waals surface area contributed by atoms with Crippen LogP contribution in [0.4, 0.5) is 0 Å². The van der Waals surface area contributed by atoms with Crippen LogP contribution in [0.5, 0.6) is 0 Å². The van der Waals surface area contributed by atoms with Crippen molar-refractivity contribution in [3.8, 4) is 0 Å². The Hall–Kier alpha value is -1.92. The molecule has 1 aromatic rings. The van der Waals surface area contributed by atoms with Crippen LogP contribution in [0.2, 0.25) is 0 Å². The highest BCUT2D eigenvalue weighted by molar-refractivity contribution is 6.03. The minimum absolute atomic E-state index is 0.253. The molecular formula is C22H30O6. The summed E-state index contributed by atoms with van der Waals surface area (Å²) in [7, 11) is 0. The van der Waals surface area contributed by atoms with E-state index >= 15 is 0 Å². The maximum atomic E-state index is 12.4. The van der Waals surface area contributed by atoms with E-state index in [1.54, 1.807) is 24.3 Å². The van der Waals surface area contributed by atoms with E-state index < -0.39 is 11.9 Å². The van der Waals surface area contributed by atoms with Gasteiger partial charge in [-0.1, -0.05) is 12.1 Å². The monoisotopic (exact) mass is 390 g/mol. The highest BCUT2D eigenvalue weighted by atomic mass is 16.5. The SMILES string of the molecule is O=C(OCCCC1CCCO1)c1ccccc1C(=O)OCCCC1CCCO1. The summed E-state index contributed by atoms with van der Waals surface area (Å²) in [6, 6.07) is 6.64. The highest BCUT2D eigenvalue weighted by Gasteiger charge is 2.20. The molecule has 28 heavy (non-hydrogen) atoms. The van der Waals surface area contributed by atoms with Gasteiger partial charge in [0, 0.05) is 13.2 Å². The quantitative estimate of drug-likeness (QED) is 0.445. The van der Waals surface area contributed by atoms with E-state index in [0.717, 1.165) is 64.6 Å². The third-order valence-electron chi connectivity index (χ3n) is 5.22. The lowest BCUT2D eigenvalue weighted by atomic mass is 10.1. The van der Waals surface area contributed by atoms with Crippen molar-refractivity contribution in [1.29, 1.82) is 0 Å². The van der Waals surface area contributed by atoms with Crippen molar-refractivity contribution >= 4 is 11.9 Å². The van der Waals surface area contributed by atoms with Gasteiger partial charge in [-0.3, -0.25) is 0 Å². The fraction of sp³-hybridized carbons (Fsp3) is 0.636. The Kier molecular flexibility index (Phi) is 8.30. The first-order valence-corrected chi connectivity index (χ1v) is 10.4. The van der Waals surface area contributed by atoms with Crippen LogP contribution >= 0.6 is 0 Å². The Morgan fingerprint density at radius 1 is 0.821 bits per heavy atom. The number of hydrogen-bond acceptors (Lipinski definition) is 6. The van der Waals surface area contributed by atoms with Crippen molar-refractivity contribution in [2.45, 2.75) is 63.6 Å². The molecule has 0 spiro atoms. The van der Waals surface area contributed by atoms with E-state index in [1.165, 1.54) is 0 Å². The molecule has 0 bridgehead atoms. The number of carbonyl (C=O) groups excluding carboxylic acids is 2. The molecule has 2 unspecified atom stereocenters. The second-order valence-electron chi connectivity index (χ2n) is 7.37. The number of carbonyl (C=O) groups is 2. The van der Waals surface area contributed by atoms with Gasteiger partial charge in [-0.2, -0.15) is 0 Å². The van der Waals surface area contributed by atoms with Crippen LogP contribution in [-0.2, 0) is 18.9 Å². The molecule has 0 aromatic heterocycles. The summed E-state index contributed by atoms with van der Waals surface area (Å²) in [4.78, 5) is 24.8. The molecule has 3 rings (SSSR count). The molecule has 6 heteroatoms. The molecule has 154 valence electrons. The van der Waals surface area contributed by atoms with Crippen molar-refractivity contribution in [3.05, 3.63) is 35.4 Å². The van der Waals surface area contributed by atoms with Gasteiger partial charge in [-0.25, -0.2) is 9.59 Å². The topological polar surface area (TPSA) is 71.1 Å². The van der Waals surface area contributed by atoms with Crippen molar-refractivity contribution in [1.82, 2.24) is 0 Å². The van der Waals surface area contributed by atoms with Crippen LogP contribution in [0.1, 0.15) is 72.1 Å². The lowest BCUT2D eigenvalue weighted by Gasteiger charge is -2.12. The second-order valence-corrected chi connectivity index (χ2v) is 7.37. The third-order valence-corrected chi connectivity index (χ3v) is 5.22. The molecular weight excluding hydrogens is 360 g/mol. The lowest BCUT2D eigenvalue weighted by molar-refractivity contribution is 0.0418. The molecule has 2 saturated heterocycles. The van der Waals surface area contributed by atoms with E-state index in [-0.39, 0.29) is 23.3 Å². The third kappa shape index (κ3) is 6.31. The van der Waals surface area contributed by atoms with Gasteiger partial charge in [-0.05, 0) is 63.5 Å². The van der Waals surface area contributed by atoms with E-state index in [0.29, 0.717) is 13.2 Å². The van der Waals surface area contributed by atoms with Gasteiger partial charge in [0.15, 0.2) is 0 Å². The number of hydrogen-bond donors (Lipinski definition) is 0. The van der Waals surface area contributed by atoms with Crippen LogP contribution < -0.4 is 0 Å². The molecule has 0 saturated carbocycles. The van der Waals surface area contributed by atoms with Gasteiger partial charge in [0.05, 0.1) is 36.5 Å². The molecule has 1 aromatic carbocycles. The molecule has 2 heterocycles. The van der Waals surface area contributed by atoms with Crippen molar-refractivity contribution in [2.75, 3.05) is 26.4 Å². The summed E-state index contributed by atoms with van der Waals surface area (Å²) in [6.07, 6.45) is 8.24. The van der Waals surface area contributed by atoms with Gasteiger partial charge < -0.3 is 18.9 Å². The van der Waals surface area contributed by atoms with Gasteiger partial charge >= 0.3 is 11.9 Å². The van der Waals surface area contributed by atoms with Gasteiger partial charge in [0.25, 0.3) is 0 Å². The zero-order chi connectivity index (χ0) is 19.6. The Morgan fingerprint density at radius 3 is 1.68 bits per heavy atom. The van der Waals surface area contributed by atoms with Gasteiger partial charge in [-0.15, -0.1) is 0 Å². The number of benzene rings is 1. The predicted molar refractivity (Wildman–Crippen MR) is 103 cm³/mol. The van der Waals surface area contributed by atoms with Crippen LogP contribution in [0.3, 0.4) is 0 Å². The van der Waals surface area contributed by atoms with E-state index in [2.05, 4.69) is 0 Å². The van der Waals surface area contributed by atoms with Crippen LogP contribution in [0.25, 0.3) is 0 Å². The smallest absolute Gasteiger partial charge is 0.339 e. The second kappa shape index (κ2) is 11.2. The van der Waals surface area contributed by atoms with Crippen molar-refractivity contribution < 1.29 is 28.5 Å². The summed E-state index contributed by atoms with van der Waals surface area (Å²) in [6.45, 7) is 2.30. The Morgan fingerprint density at radius 2 is 1.29 bits per heavy atom. The molecule has 2 atom stereocenters. The van der Waals surface area contributed by atoms with Crippen molar-refractivity contribution in [3.63, 3.8) is 0 Å². The first kappa shape index (κ1) is 20.8. The summed E-state index contributed by atoms with van der Waals surface area (Å²) in [5.41, 5.74) is 0.507. The summed E-state index contributed by atoms with van der Waals surface area (Å²) >= 11 is 0. The van der Waals surface area contributed by atoms with Gasteiger partial charge in [0.2, 0.25) is 0 Å². The van der Waals surface area contributed by atoms with Crippen molar-refractivity contribution in [2.24, 2.45) is 0 Å². The molecule has 0 N–H and O–H groups in total. The number of esters is 2.